The fraction of sp³-hybridized carbons (Fsp3) is 0.231. The highest BCUT2D eigenvalue weighted by Gasteiger charge is 2.15. The molecular formula is C26H27FN2O3. The highest BCUT2D eigenvalue weighted by molar-refractivity contribution is 5.97. The molecule has 6 heteroatoms. The topological polar surface area (TPSA) is 58.6 Å². The van der Waals surface area contributed by atoms with Crippen LogP contribution in [0.1, 0.15) is 45.7 Å². The maximum Gasteiger partial charge on any atom is 0.255 e. The first-order chi connectivity index (χ1) is 15.3. The summed E-state index contributed by atoms with van der Waals surface area (Å²) in [4.78, 5) is 26.8. The minimum atomic E-state index is -0.308. The summed E-state index contributed by atoms with van der Waals surface area (Å²) in [6.45, 7) is 4.47. The van der Waals surface area contributed by atoms with Gasteiger partial charge in [-0.05, 0) is 61.4 Å². The Kier molecular flexibility index (Phi) is 7.60. The fourth-order valence-corrected chi connectivity index (χ4v) is 3.00. The van der Waals surface area contributed by atoms with E-state index in [0.717, 1.165) is 11.1 Å². The molecule has 3 aromatic rings. The first-order valence-electron chi connectivity index (χ1n) is 10.5. The molecule has 0 saturated carbocycles. The first-order valence-corrected chi connectivity index (χ1v) is 10.5. The Hall–Kier alpha value is -3.67. The summed E-state index contributed by atoms with van der Waals surface area (Å²) >= 11 is 0. The molecule has 0 aliphatic carbocycles. The Balaban J connectivity index is 1.60. The van der Waals surface area contributed by atoms with E-state index in [1.165, 1.54) is 12.1 Å². The number of ether oxygens (including phenoxy) is 1. The molecule has 2 amide bonds. The predicted octanol–water partition coefficient (Wildman–Crippen LogP) is 4.82. The molecule has 0 unspecified atom stereocenters. The zero-order chi connectivity index (χ0) is 23.1. The SMILES string of the molecule is CC(C)N(C)C(=O)c1ccc(CNC(=O)c2ccccc2OCc2ccc(F)cc2)cc1. The number of hydrogen-bond acceptors (Lipinski definition) is 3. The van der Waals surface area contributed by atoms with Crippen molar-refractivity contribution in [3.05, 3.63) is 101 Å². The van der Waals surface area contributed by atoms with Crippen LogP contribution >= 0.6 is 0 Å². The highest BCUT2D eigenvalue weighted by Crippen LogP contribution is 2.20. The number of carbonyl (C=O) groups excluding carboxylic acids is 2. The number of amides is 2. The summed E-state index contributed by atoms with van der Waals surface area (Å²) in [5.41, 5.74) is 2.71. The van der Waals surface area contributed by atoms with Crippen molar-refractivity contribution in [2.45, 2.75) is 33.0 Å². The van der Waals surface area contributed by atoms with Gasteiger partial charge in [0.2, 0.25) is 0 Å². The number of hydrogen-bond donors (Lipinski definition) is 1. The molecule has 166 valence electrons. The van der Waals surface area contributed by atoms with E-state index < -0.39 is 0 Å². The summed E-state index contributed by atoms with van der Waals surface area (Å²) in [6, 6.07) is 20.3. The van der Waals surface area contributed by atoms with Crippen LogP contribution in [-0.2, 0) is 13.2 Å². The lowest BCUT2D eigenvalue weighted by Gasteiger charge is -2.21. The molecule has 0 radical (unpaired) electrons. The average molecular weight is 435 g/mol. The fourth-order valence-electron chi connectivity index (χ4n) is 3.00. The van der Waals surface area contributed by atoms with Gasteiger partial charge in [-0.3, -0.25) is 9.59 Å². The van der Waals surface area contributed by atoms with Crippen molar-refractivity contribution in [2.75, 3.05) is 7.05 Å². The maximum atomic E-state index is 13.1. The van der Waals surface area contributed by atoms with Gasteiger partial charge >= 0.3 is 0 Å². The molecule has 5 nitrogen and oxygen atoms in total. The summed E-state index contributed by atoms with van der Waals surface area (Å²) < 4.78 is 18.9. The molecule has 0 bridgehead atoms. The monoisotopic (exact) mass is 434 g/mol. The first kappa shape index (κ1) is 23.0. The Morgan fingerprint density at radius 1 is 0.938 bits per heavy atom. The lowest BCUT2D eigenvalue weighted by Crippen LogP contribution is -2.32. The smallest absolute Gasteiger partial charge is 0.255 e. The number of carbonyl (C=O) groups is 2. The molecule has 0 atom stereocenters. The van der Waals surface area contributed by atoms with Crippen LogP contribution in [0.15, 0.2) is 72.8 Å². The Morgan fingerprint density at radius 2 is 1.56 bits per heavy atom. The Labute approximate surface area is 187 Å². The van der Waals surface area contributed by atoms with Crippen LogP contribution in [0.25, 0.3) is 0 Å². The second-order valence-corrected chi connectivity index (χ2v) is 7.80. The zero-order valence-corrected chi connectivity index (χ0v) is 18.5. The molecule has 3 rings (SSSR count). The predicted molar refractivity (Wildman–Crippen MR) is 122 cm³/mol. The molecule has 0 aliphatic rings. The molecule has 0 aliphatic heterocycles. The molecule has 0 aromatic heterocycles. The standard InChI is InChI=1S/C26H27FN2O3/c1-18(2)29(3)26(31)21-12-8-19(9-13-21)16-28-25(30)23-6-4-5-7-24(23)32-17-20-10-14-22(27)15-11-20/h4-15,18H,16-17H2,1-3H3,(H,28,30). The lowest BCUT2D eigenvalue weighted by atomic mass is 10.1. The van der Waals surface area contributed by atoms with E-state index in [1.807, 2.05) is 26.0 Å². The van der Waals surface area contributed by atoms with E-state index in [1.54, 1.807) is 60.5 Å². The van der Waals surface area contributed by atoms with Crippen molar-refractivity contribution in [3.63, 3.8) is 0 Å². The molecular weight excluding hydrogens is 407 g/mol. The zero-order valence-electron chi connectivity index (χ0n) is 18.5. The number of benzene rings is 3. The van der Waals surface area contributed by atoms with Crippen molar-refractivity contribution in [1.29, 1.82) is 0 Å². The van der Waals surface area contributed by atoms with Gasteiger partial charge in [-0.15, -0.1) is 0 Å². The minimum absolute atomic E-state index is 0.0391. The summed E-state index contributed by atoms with van der Waals surface area (Å²) in [6.07, 6.45) is 0. The van der Waals surface area contributed by atoms with E-state index in [0.29, 0.717) is 23.4 Å². The lowest BCUT2D eigenvalue weighted by molar-refractivity contribution is 0.0754. The number of para-hydroxylation sites is 1. The molecule has 0 spiro atoms. The third-order valence-electron chi connectivity index (χ3n) is 5.19. The van der Waals surface area contributed by atoms with Gasteiger partial charge < -0.3 is 15.0 Å². The maximum absolute atomic E-state index is 13.1. The van der Waals surface area contributed by atoms with Crippen molar-refractivity contribution >= 4 is 11.8 Å². The molecule has 0 heterocycles. The molecule has 0 fully saturated rings. The average Bonchev–Trinajstić information content (AvgIpc) is 2.81. The van der Waals surface area contributed by atoms with E-state index in [9.17, 15) is 14.0 Å². The number of rotatable bonds is 8. The van der Waals surface area contributed by atoms with Crippen LogP contribution in [-0.4, -0.2) is 29.8 Å². The van der Waals surface area contributed by atoms with Gasteiger partial charge in [-0.1, -0.05) is 36.4 Å². The number of nitrogens with one attached hydrogen (secondary N) is 1. The third-order valence-corrected chi connectivity index (χ3v) is 5.19. The Morgan fingerprint density at radius 3 is 2.22 bits per heavy atom. The van der Waals surface area contributed by atoms with Crippen LogP contribution in [0.4, 0.5) is 4.39 Å². The summed E-state index contributed by atoms with van der Waals surface area (Å²) in [5.74, 6) is -0.160. The van der Waals surface area contributed by atoms with Crippen molar-refractivity contribution in [2.24, 2.45) is 0 Å². The third kappa shape index (κ3) is 5.94. The van der Waals surface area contributed by atoms with E-state index >= 15 is 0 Å². The van der Waals surface area contributed by atoms with Crippen LogP contribution in [0, 0.1) is 5.82 Å². The summed E-state index contributed by atoms with van der Waals surface area (Å²) in [7, 11) is 1.77. The second-order valence-electron chi connectivity index (χ2n) is 7.80. The highest BCUT2D eigenvalue weighted by atomic mass is 19.1. The van der Waals surface area contributed by atoms with Gasteiger partial charge in [0.15, 0.2) is 0 Å². The van der Waals surface area contributed by atoms with Gasteiger partial charge in [-0.2, -0.15) is 0 Å². The molecule has 3 aromatic carbocycles. The van der Waals surface area contributed by atoms with Gasteiger partial charge in [0.25, 0.3) is 11.8 Å². The second kappa shape index (κ2) is 10.6. The van der Waals surface area contributed by atoms with E-state index in [2.05, 4.69) is 5.32 Å². The van der Waals surface area contributed by atoms with E-state index in [4.69, 9.17) is 4.74 Å². The van der Waals surface area contributed by atoms with E-state index in [-0.39, 0.29) is 30.3 Å². The van der Waals surface area contributed by atoms with Crippen LogP contribution in [0.2, 0.25) is 0 Å². The molecule has 1 N–H and O–H groups in total. The Bertz CT molecular complexity index is 1060. The molecule has 32 heavy (non-hydrogen) atoms. The van der Waals surface area contributed by atoms with Crippen molar-refractivity contribution < 1.29 is 18.7 Å². The van der Waals surface area contributed by atoms with Gasteiger partial charge in [0, 0.05) is 25.2 Å². The van der Waals surface area contributed by atoms with Gasteiger partial charge in [-0.25, -0.2) is 4.39 Å². The quantitative estimate of drug-likeness (QED) is 0.553. The summed E-state index contributed by atoms with van der Waals surface area (Å²) in [5, 5.41) is 2.89. The van der Waals surface area contributed by atoms with Gasteiger partial charge in [0.1, 0.15) is 18.2 Å². The van der Waals surface area contributed by atoms with Crippen molar-refractivity contribution in [3.8, 4) is 5.75 Å². The van der Waals surface area contributed by atoms with Crippen molar-refractivity contribution in [1.82, 2.24) is 10.2 Å². The van der Waals surface area contributed by atoms with Crippen LogP contribution in [0.3, 0.4) is 0 Å². The van der Waals surface area contributed by atoms with Crippen LogP contribution in [0.5, 0.6) is 5.75 Å². The van der Waals surface area contributed by atoms with Gasteiger partial charge in [0.05, 0.1) is 5.56 Å². The largest absolute Gasteiger partial charge is 0.488 e. The number of nitrogens with zero attached hydrogens (tertiary/aromatic N) is 1. The minimum Gasteiger partial charge on any atom is -0.488 e. The number of halogens is 1. The van der Waals surface area contributed by atoms with Crippen LogP contribution < -0.4 is 10.1 Å². The normalized spacial score (nSPS) is 10.7. The molecule has 0 saturated heterocycles.